The smallest absolute Gasteiger partial charge is 0.242 e. The number of nitrogen functional groups attached to an aromatic ring is 1. The van der Waals surface area contributed by atoms with E-state index in [1.165, 1.54) is 6.26 Å². The molecule has 0 aliphatic carbocycles. The Bertz CT molecular complexity index is 686. The van der Waals surface area contributed by atoms with Crippen molar-refractivity contribution in [2.75, 3.05) is 5.73 Å². The number of benzene rings is 1. The van der Waals surface area contributed by atoms with E-state index in [0.717, 1.165) is 12.1 Å². The molecule has 1 aromatic heterocycles. The first-order valence-electron chi connectivity index (χ1n) is 5.17. The zero-order valence-electron chi connectivity index (χ0n) is 9.56. The molecule has 0 fully saturated rings. The molecule has 1 heterocycles. The largest absolute Gasteiger partial charge is 0.468 e. The van der Waals surface area contributed by atoms with Gasteiger partial charge in [-0.3, -0.25) is 0 Å². The Morgan fingerprint density at radius 1 is 1.42 bits per heavy atom. The molecule has 0 aliphatic rings. The van der Waals surface area contributed by atoms with Crippen molar-refractivity contribution >= 4 is 31.6 Å². The van der Waals surface area contributed by atoms with Gasteiger partial charge in [-0.1, -0.05) is 0 Å². The number of halogens is 2. The summed E-state index contributed by atoms with van der Waals surface area (Å²) in [6.45, 7) is -0.000938. The molecule has 1 aromatic carbocycles. The molecule has 0 spiro atoms. The summed E-state index contributed by atoms with van der Waals surface area (Å²) < 4.78 is 44.7. The molecule has 0 unspecified atom stereocenters. The van der Waals surface area contributed by atoms with Crippen LogP contribution in [-0.2, 0) is 16.6 Å². The van der Waals surface area contributed by atoms with Gasteiger partial charge in [0.2, 0.25) is 10.0 Å². The first kappa shape index (κ1) is 14.0. The fraction of sp³-hybridized carbons (Fsp3) is 0.0909. The summed E-state index contributed by atoms with van der Waals surface area (Å²) in [4.78, 5) is -0.127. The molecule has 0 radical (unpaired) electrons. The minimum atomic E-state index is -3.81. The van der Waals surface area contributed by atoms with Gasteiger partial charge < -0.3 is 10.2 Å². The Balaban J connectivity index is 2.27. The summed E-state index contributed by atoms with van der Waals surface area (Å²) in [5.74, 6) is -0.216. The van der Waals surface area contributed by atoms with Crippen LogP contribution in [0.4, 0.5) is 10.1 Å². The van der Waals surface area contributed by atoms with Crippen molar-refractivity contribution in [3.63, 3.8) is 0 Å². The molecule has 2 rings (SSSR count). The maximum absolute atomic E-state index is 13.2. The molecule has 102 valence electrons. The molecule has 2 aromatic rings. The Morgan fingerprint density at radius 2 is 2.16 bits per heavy atom. The van der Waals surface area contributed by atoms with Crippen LogP contribution in [0.5, 0.6) is 0 Å². The fourth-order valence-corrected chi connectivity index (χ4v) is 3.45. The molecule has 0 atom stereocenters. The van der Waals surface area contributed by atoms with E-state index in [1.54, 1.807) is 12.1 Å². The molecular formula is C11H10BrFN2O3S. The summed E-state index contributed by atoms with van der Waals surface area (Å²) in [6.07, 6.45) is 1.44. The van der Waals surface area contributed by atoms with Crippen molar-refractivity contribution in [2.24, 2.45) is 0 Å². The lowest BCUT2D eigenvalue weighted by Gasteiger charge is -2.09. The zero-order chi connectivity index (χ0) is 14.0. The third kappa shape index (κ3) is 3.14. The van der Waals surface area contributed by atoms with Crippen molar-refractivity contribution < 1.29 is 17.2 Å². The predicted octanol–water partition coefficient (Wildman–Crippen LogP) is 2.24. The molecule has 3 N–H and O–H groups in total. The molecule has 0 saturated carbocycles. The highest BCUT2D eigenvalue weighted by atomic mass is 79.9. The molecule has 8 heteroatoms. The molecule has 19 heavy (non-hydrogen) atoms. The lowest BCUT2D eigenvalue weighted by atomic mass is 10.3. The third-order valence-corrected chi connectivity index (χ3v) is 4.72. The second-order valence-electron chi connectivity index (χ2n) is 3.71. The van der Waals surface area contributed by atoms with E-state index in [1.807, 2.05) is 0 Å². The van der Waals surface area contributed by atoms with Gasteiger partial charge in [0.1, 0.15) is 11.6 Å². The molecule has 0 aliphatic heterocycles. The average Bonchev–Trinajstić information content (AvgIpc) is 2.84. The van der Waals surface area contributed by atoms with Crippen molar-refractivity contribution in [1.82, 2.24) is 4.72 Å². The number of nitrogens with one attached hydrogen (secondary N) is 1. The van der Waals surface area contributed by atoms with Gasteiger partial charge in [-0.25, -0.2) is 17.5 Å². The topological polar surface area (TPSA) is 85.3 Å². The summed E-state index contributed by atoms with van der Waals surface area (Å²) in [7, 11) is -3.81. The van der Waals surface area contributed by atoms with Crippen LogP contribution in [0, 0.1) is 5.82 Å². The third-order valence-electron chi connectivity index (χ3n) is 2.36. The van der Waals surface area contributed by atoms with Gasteiger partial charge >= 0.3 is 0 Å². The summed E-state index contributed by atoms with van der Waals surface area (Å²) in [6, 6.07) is 5.35. The predicted molar refractivity (Wildman–Crippen MR) is 71.2 cm³/mol. The van der Waals surface area contributed by atoms with Crippen LogP contribution < -0.4 is 10.5 Å². The standard InChI is InChI=1S/C11H10BrFN2O3S/c12-8-4-9(13)10(14)5-11(8)19(16,17)15-6-7-2-1-3-18-7/h1-5,15H,6,14H2. The maximum Gasteiger partial charge on any atom is 0.242 e. The second-order valence-corrected chi connectivity index (χ2v) is 6.30. The van der Waals surface area contributed by atoms with Gasteiger partial charge in [0.05, 0.1) is 23.4 Å². The first-order valence-corrected chi connectivity index (χ1v) is 7.44. The number of nitrogens with two attached hydrogens (primary N) is 1. The van der Waals surface area contributed by atoms with Gasteiger partial charge in [0, 0.05) is 4.47 Å². The Hall–Kier alpha value is -1.38. The van der Waals surface area contributed by atoms with Crippen LogP contribution in [0.15, 0.2) is 44.3 Å². The lowest BCUT2D eigenvalue weighted by Crippen LogP contribution is -2.23. The summed E-state index contributed by atoms with van der Waals surface area (Å²) in [5, 5.41) is 0. The maximum atomic E-state index is 13.2. The zero-order valence-corrected chi connectivity index (χ0v) is 12.0. The van der Waals surface area contributed by atoms with Gasteiger partial charge in [-0.2, -0.15) is 0 Å². The SMILES string of the molecule is Nc1cc(S(=O)(=O)NCc2ccco2)c(Br)cc1F. The Labute approximate surface area is 117 Å². The van der Waals surface area contributed by atoms with Crippen LogP contribution in [0.25, 0.3) is 0 Å². The number of hydrogen-bond acceptors (Lipinski definition) is 4. The van der Waals surface area contributed by atoms with E-state index in [2.05, 4.69) is 20.7 Å². The molecule has 0 bridgehead atoms. The average molecular weight is 349 g/mol. The van der Waals surface area contributed by atoms with E-state index < -0.39 is 15.8 Å². The number of hydrogen-bond donors (Lipinski definition) is 2. The van der Waals surface area contributed by atoms with Crippen LogP contribution in [0.2, 0.25) is 0 Å². The summed E-state index contributed by atoms with van der Waals surface area (Å²) >= 11 is 3.00. The van der Waals surface area contributed by atoms with E-state index in [4.69, 9.17) is 10.2 Å². The highest BCUT2D eigenvalue weighted by Crippen LogP contribution is 2.26. The van der Waals surface area contributed by atoms with E-state index in [9.17, 15) is 12.8 Å². The molecular weight excluding hydrogens is 339 g/mol. The second kappa shape index (κ2) is 5.32. The quantitative estimate of drug-likeness (QED) is 0.829. The van der Waals surface area contributed by atoms with E-state index in [0.29, 0.717) is 5.76 Å². The van der Waals surface area contributed by atoms with Gasteiger partial charge in [0.15, 0.2) is 0 Å². The monoisotopic (exact) mass is 348 g/mol. The minimum absolute atomic E-state index is 0.000938. The van der Waals surface area contributed by atoms with E-state index >= 15 is 0 Å². The van der Waals surface area contributed by atoms with Crippen LogP contribution in [0.3, 0.4) is 0 Å². The van der Waals surface area contributed by atoms with Crippen LogP contribution >= 0.6 is 15.9 Å². The van der Waals surface area contributed by atoms with Crippen molar-refractivity contribution in [3.05, 3.63) is 46.6 Å². The minimum Gasteiger partial charge on any atom is -0.468 e. The normalized spacial score (nSPS) is 11.7. The van der Waals surface area contributed by atoms with Crippen molar-refractivity contribution in [2.45, 2.75) is 11.4 Å². The van der Waals surface area contributed by atoms with Crippen LogP contribution in [0.1, 0.15) is 5.76 Å². The fourth-order valence-electron chi connectivity index (χ4n) is 1.41. The Morgan fingerprint density at radius 3 is 2.79 bits per heavy atom. The van der Waals surface area contributed by atoms with Crippen molar-refractivity contribution in [3.8, 4) is 0 Å². The first-order chi connectivity index (χ1) is 8.90. The van der Waals surface area contributed by atoms with Crippen molar-refractivity contribution in [1.29, 1.82) is 0 Å². The number of sulfonamides is 1. The highest BCUT2D eigenvalue weighted by molar-refractivity contribution is 9.10. The van der Waals surface area contributed by atoms with Gasteiger partial charge in [0.25, 0.3) is 0 Å². The number of furan rings is 1. The van der Waals surface area contributed by atoms with Gasteiger partial charge in [-0.15, -0.1) is 0 Å². The number of anilines is 1. The highest BCUT2D eigenvalue weighted by Gasteiger charge is 2.19. The molecule has 0 amide bonds. The number of rotatable bonds is 4. The van der Waals surface area contributed by atoms with Crippen LogP contribution in [-0.4, -0.2) is 8.42 Å². The van der Waals surface area contributed by atoms with Gasteiger partial charge in [-0.05, 0) is 40.2 Å². The lowest BCUT2D eigenvalue weighted by molar-refractivity contribution is 0.498. The molecule has 5 nitrogen and oxygen atoms in total. The van der Waals surface area contributed by atoms with E-state index in [-0.39, 0.29) is 21.6 Å². The summed E-state index contributed by atoms with van der Waals surface area (Å²) in [5.41, 5.74) is 5.14. The molecule has 0 saturated heterocycles. The Kier molecular flexibility index (Phi) is 3.93.